The summed E-state index contributed by atoms with van der Waals surface area (Å²) in [6.45, 7) is 4.80. The smallest absolute Gasteiger partial charge is 0.156 e. The zero-order chi connectivity index (χ0) is 11.0. The summed E-state index contributed by atoms with van der Waals surface area (Å²) in [6, 6.07) is 1.80. The predicted octanol–water partition coefficient (Wildman–Crippen LogP) is 2.12. The lowest BCUT2D eigenvalue weighted by Gasteiger charge is -2.07. The molecule has 2 aromatic heterocycles. The molecule has 5 heteroatoms. The van der Waals surface area contributed by atoms with Gasteiger partial charge in [0.1, 0.15) is 11.3 Å². The molecule has 1 unspecified atom stereocenters. The Bertz CT molecular complexity index is 489. The van der Waals surface area contributed by atoms with E-state index in [1.807, 2.05) is 13.0 Å². The molecular formula is C10H13ClN4. The van der Waals surface area contributed by atoms with Gasteiger partial charge in [-0.15, -0.1) is 0 Å². The third kappa shape index (κ3) is 1.60. The number of aryl methyl sites for hydroxylation is 1. The normalized spacial score (nSPS) is 13.3. The zero-order valence-electron chi connectivity index (χ0n) is 8.74. The molecule has 2 aromatic rings. The van der Waals surface area contributed by atoms with Gasteiger partial charge < -0.3 is 10.3 Å². The summed E-state index contributed by atoms with van der Waals surface area (Å²) in [5.41, 5.74) is 7.58. The molecule has 0 aliphatic carbocycles. The summed E-state index contributed by atoms with van der Waals surface area (Å²) in [7, 11) is 0. The van der Waals surface area contributed by atoms with Crippen LogP contribution >= 0.6 is 11.6 Å². The topological polar surface area (TPSA) is 56.7 Å². The highest BCUT2D eigenvalue weighted by Gasteiger charge is 2.14. The molecule has 0 aromatic carbocycles. The SMILES string of the molecule is CCn1c(C(C)N)nc2c(Cl)nccc21. The van der Waals surface area contributed by atoms with E-state index >= 15 is 0 Å². The zero-order valence-corrected chi connectivity index (χ0v) is 9.49. The molecule has 0 amide bonds. The van der Waals surface area contributed by atoms with Gasteiger partial charge in [-0.05, 0) is 19.9 Å². The van der Waals surface area contributed by atoms with Crippen LogP contribution in [0.25, 0.3) is 11.0 Å². The first-order valence-corrected chi connectivity index (χ1v) is 5.29. The Morgan fingerprint density at radius 3 is 2.93 bits per heavy atom. The van der Waals surface area contributed by atoms with Crippen molar-refractivity contribution in [1.29, 1.82) is 0 Å². The van der Waals surface area contributed by atoms with Gasteiger partial charge >= 0.3 is 0 Å². The summed E-state index contributed by atoms with van der Waals surface area (Å²) in [4.78, 5) is 8.43. The average Bonchev–Trinajstić information content (AvgIpc) is 2.57. The molecule has 0 aliphatic rings. The van der Waals surface area contributed by atoms with Crippen molar-refractivity contribution < 1.29 is 0 Å². The minimum atomic E-state index is -0.103. The number of hydrogen-bond acceptors (Lipinski definition) is 3. The Hall–Kier alpha value is -1.13. The van der Waals surface area contributed by atoms with Gasteiger partial charge in [-0.2, -0.15) is 0 Å². The molecule has 0 aliphatic heterocycles. The van der Waals surface area contributed by atoms with Crippen LogP contribution in [0.5, 0.6) is 0 Å². The van der Waals surface area contributed by atoms with Gasteiger partial charge in [-0.3, -0.25) is 0 Å². The number of fused-ring (bicyclic) bond motifs is 1. The number of nitrogens with zero attached hydrogens (tertiary/aromatic N) is 3. The van der Waals surface area contributed by atoms with E-state index in [-0.39, 0.29) is 6.04 Å². The van der Waals surface area contributed by atoms with Crippen LogP contribution < -0.4 is 5.73 Å². The monoisotopic (exact) mass is 224 g/mol. The van der Waals surface area contributed by atoms with Gasteiger partial charge in [0, 0.05) is 12.7 Å². The molecule has 0 saturated carbocycles. The standard InChI is InChI=1S/C10H13ClN4/c1-3-15-7-4-5-13-9(11)8(7)14-10(15)6(2)12/h4-6H,3,12H2,1-2H3. The van der Waals surface area contributed by atoms with E-state index in [0.29, 0.717) is 5.15 Å². The summed E-state index contributed by atoms with van der Waals surface area (Å²) in [6.07, 6.45) is 1.68. The third-order valence-electron chi connectivity index (χ3n) is 2.38. The molecule has 15 heavy (non-hydrogen) atoms. The molecule has 0 saturated heterocycles. The average molecular weight is 225 g/mol. The van der Waals surface area contributed by atoms with Crippen LogP contribution in [0.1, 0.15) is 25.7 Å². The van der Waals surface area contributed by atoms with Crippen molar-refractivity contribution in [3.05, 3.63) is 23.2 Å². The minimum Gasteiger partial charge on any atom is -0.327 e. The van der Waals surface area contributed by atoms with Gasteiger partial charge in [-0.1, -0.05) is 11.6 Å². The van der Waals surface area contributed by atoms with Crippen molar-refractivity contribution in [3.8, 4) is 0 Å². The van der Waals surface area contributed by atoms with Crippen molar-refractivity contribution in [2.45, 2.75) is 26.4 Å². The fraction of sp³-hybridized carbons (Fsp3) is 0.400. The molecule has 4 nitrogen and oxygen atoms in total. The number of pyridine rings is 1. The van der Waals surface area contributed by atoms with Crippen LogP contribution in [0.4, 0.5) is 0 Å². The second-order valence-electron chi connectivity index (χ2n) is 3.47. The van der Waals surface area contributed by atoms with Crippen LogP contribution in [-0.4, -0.2) is 14.5 Å². The van der Waals surface area contributed by atoms with Gasteiger partial charge in [0.25, 0.3) is 0 Å². The first-order valence-electron chi connectivity index (χ1n) is 4.91. The molecule has 0 spiro atoms. The Morgan fingerprint density at radius 1 is 1.60 bits per heavy atom. The maximum atomic E-state index is 5.98. The van der Waals surface area contributed by atoms with Crippen molar-refractivity contribution in [2.75, 3.05) is 0 Å². The Labute approximate surface area is 93.1 Å². The Kier molecular flexibility index (Phi) is 2.63. The molecular weight excluding hydrogens is 212 g/mol. The van der Waals surface area contributed by atoms with E-state index < -0.39 is 0 Å². The van der Waals surface area contributed by atoms with E-state index in [9.17, 15) is 0 Å². The van der Waals surface area contributed by atoms with E-state index in [2.05, 4.69) is 21.5 Å². The van der Waals surface area contributed by atoms with E-state index in [1.54, 1.807) is 6.20 Å². The van der Waals surface area contributed by atoms with Crippen LogP contribution in [0.2, 0.25) is 5.15 Å². The number of nitrogens with two attached hydrogens (primary N) is 1. The van der Waals surface area contributed by atoms with Crippen LogP contribution in [0.3, 0.4) is 0 Å². The van der Waals surface area contributed by atoms with Crippen molar-refractivity contribution >= 4 is 22.6 Å². The molecule has 0 bridgehead atoms. The summed E-state index contributed by atoms with van der Waals surface area (Å²) >= 11 is 5.98. The minimum absolute atomic E-state index is 0.103. The number of imidazole rings is 1. The quantitative estimate of drug-likeness (QED) is 0.795. The summed E-state index contributed by atoms with van der Waals surface area (Å²) in [5, 5.41) is 0.432. The lowest BCUT2D eigenvalue weighted by Crippen LogP contribution is -2.12. The van der Waals surface area contributed by atoms with Crippen molar-refractivity contribution in [3.63, 3.8) is 0 Å². The van der Waals surface area contributed by atoms with E-state index in [0.717, 1.165) is 23.4 Å². The molecule has 2 heterocycles. The molecule has 2 N–H and O–H groups in total. The molecule has 0 radical (unpaired) electrons. The van der Waals surface area contributed by atoms with Gasteiger partial charge in [0.2, 0.25) is 0 Å². The Morgan fingerprint density at radius 2 is 2.33 bits per heavy atom. The summed E-state index contributed by atoms with van der Waals surface area (Å²) in [5.74, 6) is 0.849. The van der Waals surface area contributed by atoms with Gasteiger partial charge in [-0.25, -0.2) is 9.97 Å². The summed E-state index contributed by atoms with van der Waals surface area (Å²) < 4.78 is 2.06. The number of aromatic nitrogens is 3. The second-order valence-corrected chi connectivity index (χ2v) is 3.83. The molecule has 0 fully saturated rings. The highest BCUT2D eigenvalue weighted by molar-refractivity contribution is 6.33. The fourth-order valence-corrected chi connectivity index (χ4v) is 1.91. The predicted molar refractivity (Wildman–Crippen MR) is 60.8 cm³/mol. The number of halogens is 1. The molecule has 80 valence electrons. The fourth-order valence-electron chi connectivity index (χ4n) is 1.72. The number of hydrogen-bond donors (Lipinski definition) is 1. The maximum absolute atomic E-state index is 5.98. The lowest BCUT2D eigenvalue weighted by atomic mass is 10.3. The first kappa shape index (κ1) is 10.4. The first-order chi connectivity index (χ1) is 7.15. The molecule has 2 rings (SSSR count). The lowest BCUT2D eigenvalue weighted by molar-refractivity contribution is 0.650. The third-order valence-corrected chi connectivity index (χ3v) is 2.65. The van der Waals surface area contributed by atoms with Crippen LogP contribution in [-0.2, 0) is 6.54 Å². The van der Waals surface area contributed by atoms with Crippen molar-refractivity contribution in [1.82, 2.24) is 14.5 Å². The maximum Gasteiger partial charge on any atom is 0.156 e. The molecule has 1 atom stereocenters. The Balaban J connectivity index is 2.78. The highest BCUT2D eigenvalue weighted by atomic mass is 35.5. The highest BCUT2D eigenvalue weighted by Crippen LogP contribution is 2.23. The largest absolute Gasteiger partial charge is 0.327 e. The van der Waals surface area contributed by atoms with Crippen LogP contribution in [0.15, 0.2) is 12.3 Å². The van der Waals surface area contributed by atoms with Crippen molar-refractivity contribution in [2.24, 2.45) is 5.73 Å². The van der Waals surface area contributed by atoms with E-state index in [4.69, 9.17) is 17.3 Å². The number of rotatable bonds is 2. The van der Waals surface area contributed by atoms with Crippen LogP contribution in [0, 0.1) is 0 Å². The van der Waals surface area contributed by atoms with E-state index in [1.165, 1.54) is 0 Å². The van der Waals surface area contributed by atoms with Gasteiger partial charge in [0.05, 0.1) is 11.6 Å². The van der Waals surface area contributed by atoms with Gasteiger partial charge in [0.15, 0.2) is 5.15 Å². The second kappa shape index (κ2) is 3.79.